The summed E-state index contributed by atoms with van der Waals surface area (Å²) in [5.41, 5.74) is 5.70. The molecular formula is C6H10N2. The first kappa shape index (κ1) is 6.95. The third-order valence-corrected chi connectivity index (χ3v) is 0.524. The Hall–Kier alpha value is -1.05. The summed E-state index contributed by atoms with van der Waals surface area (Å²) in [6.45, 7) is 5.28. The van der Waals surface area contributed by atoms with E-state index in [1.54, 1.807) is 18.5 Å². The Morgan fingerprint density at radius 1 is 1.75 bits per heavy atom. The summed E-state index contributed by atoms with van der Waals surface area (Å²) in [5, 5.41) is 0. The number of aliphatic imine (C=N–C) groups is 1. The van der Waals surface area contributed by atoms with E-state index in [4.69, 9.17) is 5.73 Å². The van der Waals surface area contributed by atoms with E-state index in [0.29, 0.717) is 5.70 Å². The Bertz CT molecular complexity index is 122. The first-order valence-corrected chi connectivity index (χ1v) is 2.36. The second-order valence-electron chi connectivity index (χ2n) is 1.30. The Kier molecular flexibility index (Phi) is 3.58. The smallest absolute Gasteiger partial charge is 0.0283 e. The van der Waals surface area contributed by atoms with Gasteiger partial charge in [0.2, 0.25) is 0 Å². The highest BCUT2D eigenvalue weighted by Crippen LogP contribution is 1.79. The molecule has 2 nitrogen and oxygen atoms in total. The van der Waals surface area contributed by atoms with E-state index in [9.17, 15) is 0 Å². The molecular weight excluding hydrogens is 100 g/mol. The largest absolute Gasteiger partial charge is 0.399 e. The molecule has 0 aliphatic heterocycles. The average Bonchev–Trinajstić information content (AvgIpc) is 1.66. The van der Waals surface area contributed by atoms with Gasteiger partial charge in [0.15, 0.2) is 0 Å². The molecule has 0 unspecified atom stereocenters. The number of hydrogen-bond donors (Lipinski definition) is 1. The van der Waals surface area contributed by atoms with Gasteiger partial charge in [0, 0.05) is 18.1 Å². The minimum atomic E-state index is 0.524. The first-order chi connectivity index (χ1) is 3.77. The number of rotatable bonds is 2. The summed E-state index contributed by atoms with van der Waals surface area (Å²) in [5.74, 6) is 0. The average molecular weight is 110 g/mol. The fourth-order valence-electron chi connectivity index (χ4n) is 0.225. The molecule has 0 aliphatic carbocycles. The highest BCUT2D eigenvalue weighted by atomic mass is 14.7. The van der Waals surface area contributed by atoms with Crippen LogP contribution in [0.1, 0.15) is 6.92 Å². The van der Waals surface area contributed by atoms with Gasteiger partial charge in [0.05, 0.1) is 0 Å². The predicted molar refractivity (Wildman–Crippen MR) is 36.6 cm³/mol. The van der Waals surface area contributed by atoms with Crippen molar-refractivity contribution >= 4 is 6.21 Å². The van der Waals surface area contributed by atoms with Gasteiger partial charge in [0.1, 0.15) is 0 Å². The summed E-state index contributed by atoms with van der Waals surface area (Å²) in [6.07, 6.45) is 4.92. The van der Waals surface area contributed by atoms with Crippen molar-refractivity contribution in [3.63, 3.8) is 0 Å². The zero-order chi connectivity index (χ0) is 6.41. The van der Waals surface area contributed by atoms with E-state index in [1.165, 1.54) is 0 Å². The lowest BCUT2D eigenvalue weighted by molar-refractivity contribution is 1.42. The van der Waals surface area contributed by atoms with Gasteiger partial charge >= 0.3 is 0 Å². The summed E-state index contributed by atoms with van der Waals surface area (Å²) in [7, 11) is 0. The van der Waals surface area contributed by atoms with Crippen LogP contribution in [0.15, 0.2) is 29.5 Å². The Morgan fingerprint density at radius 2 is 2.38 bits per heavy atom. The van der Waals surface area contributed by atoms with E-state index in [-0.39, 0.29) is 0 Å². The molecule has 0 spiro atoms. The molecule has 0 radical (unpaired) electrons. The van der Waals surface area contributed by atoms with Crippen LogP contribution in [-0.2, 0) is 0 Å². The summed E-state index contributed by atoms with van der Waals surface area (Å²) in [4.78, 5) is 3.77. The normalized spacial score (nSPS) is 11.1. The van der Waals surface area contributed by atoms with Gasteiger partial charge in [-0.25, -0.2) is 0 Å². The minimum Gasteiger partial charge on any atom is -0.399 e. The standard InChI is InChI=1S/C6H10N2/c1-3-8-5-4-6(2)7/h3-5H,2,7H2,1H3/b5-4-,8-3-. The summed E-state index contributed by atoms with van der Waals surface area (Å²) >= 11 is 0. The second kappa shape index (κ2) is 4.12. The van der Waals surface area contributed by atoms with Crippen molar-refractivity contribution in [2.24, 2.45) is 10.7 Å². The molecule has 0 saturated heterocycles. The van der Waals surface area contributed by atoms with Crippen LogP contribution >= 0.6 is 0 Å². The molecule has 0 amide bonds. The molecule has 0 saturated carbocycles. The molecule has 0 heterocycles. The van der Waals surface area contributed by atoms with Gasteiger partial charge in [-0.3, -0.25) is 4.99 Å². The fourth-order valence-corrected chi connectivity index (χ4v) is 0.225. The van der Waals surface area contributed by atoms with Crippen molar-refractivity contribution in [1.82, 2.24) is 0 Å². The van der Waals surface area contributed by atoms with Crippen molar-refractivity contribution in [2.75, 3.05) is 0 Å². The zero-order valence-electron chi connectivity index (χ0n) is 4.96. The zero-order valence-corrected chi connectivity index (χ0v) is 4.96. The predicted octanol–water partition coefficient (Wildman–Crippen LogP) is 1.06. The van der Waals surface area contributed by atoms with E-state index in [0.717, 1.165) is 0 Å². The summed E-state index contributed by atoms with van der Waals surface area (Å²) < 4.78 is 0. The lowest BCUT2D eigenvalue weighted by Crippen LogP contribution is -1.87. The maximum Gasteiger partial charge on any atom is 0.0283 e. The number of nitrogens with zero attached hydrogens (tertiary/aromatic N) is 1. The topological polar surface area (TPSA) is 38.4 Å². The molecule has 0 rings (SSSR count). The van der Waals surface area contributed by atoms with Crippen LogP contribution in [0.4, 0.5) is 0 Å². The number of allylic oxidation sites excluding steroid dienone is 1. The van der Waals surface area contributed by atoms with Gasteiger partial charge in [-0.05, 0) is 13.0 Å². The maximum atomic E-state index is 5.18. The molecule has 44 valence electrons. The molecule has 2 N–H and O–H groups in total. The third kappa shape index (κ3) is 4.95. The van der Waals surface area contributed by atoms with Gasteiger partial charge in [0.25, 0.3) is 0 Å². The molecule has 2 heteroatoms. The van der Waals surface area contributed by atoms with Crippen molar-refractivity contribution in [2.45, 2.75) is 6.92 Å². The van der Waals surface area contributed by atoms with E-state index >= 15 is 0 Å². The third-order valence-electron chi connectivity index (χ3n) is 0.524. The number of nitrogens with two attached hydrogens (primary N) is 1. The van der Waals surface area contributed by atoms with Crippen LogP contribution in [-0.4, -0.2) is 6.21 Å². The number of hydrogen-bond acceptors (Lipinski definition) is 2. The monoisotopic (exact) mass is 110 g/mol. The van der Waals surface area contributed by atoms with E-state index < -0.39 is 0 Å². The van der Waals surface area contributed by atoms with Crippen LogP contribution in [0, 0.1) is 0 Å². The van der Waals surface area contributed by atoms with Crippen LogP contribution in [0.2, 0.25) is 0 Å². The fraction of sp³-hybridized carbons (Fsp3) is 0.167. The maximum absolute atomic E-state index is 5.18. The highest BCUT2D eigenvalue weighted by molar-refractivity contribution is 5.54. The molecule has 0 aromatic heterocycles. The van der Waals surface area contributed by atoms with E-state index in [2.05, 4.69) is 11.6 Å². The Morgan fingerprint density at radius 3 is 2.75 bits per heavy atom. The minimum absolute atomic E-state index is 0.524. The SMILES string of the molecule is C=C(N)/C=C\N=C/C. The van der Waals surface area contributed by atoms with Crippen molar-refractivity contribution in [3.8, 4) is 0 Å². The first-order valence-electron chi connectivity index (χ1n) is 2.36. The molecule has 0 fully saturated rings. The van der Waals surface area contributed by atoms with Crippen LogP contribution in [0.5, 0.6) is 0 Å². The lowest BCUT2D eigenvalue weighted by atomic mass is 10.5. The lowest BCUT2D eigenvalue weighted by Gasteiger charge is -1.79. The Balaban J connectivity index is 3.50. The molecule has 0 bridgehead atoms. The quantitative estimate of drug-likeness (QED) is 0.419. The van der Waals surface area contributed by atoms with Gasteiger partial charge in [-0.1, -0.05) is 6.58 Å². The van der Waals surface area contributed by atoms with Crippen molar-refractivity contribution in [1.29, 1.82) is 0 Å². The van der Waals surface area contributed by atoms with Crippen molar-refractivity contribution < 1.29 is 0 Å². The van der Waals surface area contributed by atoms with Crippen LogP contribution in [0.25, 0.3) is 0 Å². The van der Waals surface area contributed by atoms with Crippen molar-refractivity contribution in [3.05, 3.63) is 24.6 Å². The molecule has 0 aromatic carbocycles. The molecule has 0 aliphatic rings. The second-order valence-corrected chi connectivity index (χ2v) is 1.30. The van der Waals surface area contributed by atoms with Gasteiger partial charge in [-0.15, -0.1) is 0 Å². The van der Waals surface area contributed by atoms with Crippen LogP contribution < -0.4 is 5.73 Å². The van der Waals surface area contributed by atoms with Crippen LogP contribution in [0.3, 0.4) is 0 Å². The molecule has 0 atom stereocenters. The van der Waals surface area contributed by atoms with E-state index in [1.807, 2.05) is 6.92 Å². The summed E-state index contributed by atoms with van der Waals surface area (Å²) in [6, 6.07) is 0. The Labute approximate surface area is 49.4 Å². The van der Waals surface area contributed by atoms with Gasteiger partial charge in [-0.2, -0.15) is 0 Å². The molecule has 0 aromatic rings. The highest BCUT2D eigenvalue weighted by Gasteiger charge is 1.67. The molecule has 8 heavy (non-hydrogen) atoms. The van der Waals surface area contributed by atoms with Gasteiger partial charge < -0.3 is 5.73 Å².